The topological polar surface area (TPSA) is 139 Å². The van der Waals surface area contributed by atoms with E-state index in [4.69, 9.17) is 0 Å². The summed E-state index contributed by atoms with van der Waals surface area (Å²) in [5, 5.41) is 2.64. The molecule has 0 aliphatic rings. The first kappa shape index (κ1) is 23.5. The van der Waals surface area contributed by atoms with Gasteiger partial charge in [0.2, 0.25) is 26.0 Å². The van der Waals surface area contributed by atoms with E-state index in [1.54, 1.807) is 24.3 Å². The van der Waals surface area contributed by atoms with E-state index in [0.717, 1.165) is 6.26 Å². The van der Waals surface area contributed by atoms with E-state index in [1.165, 1.54) is 31.2 Å². The van der Waals surface area contributed by atoms with Gasteiger partial charge in [0.25, 0.3) is 0 Å². The molecule has 9 nitrogen and oxygen atoms in total. The third-order valence-electron chi connectivity index (χ3n) is 3.91. The molecule has 2 rings (SSSR count). The van der Waals surface area contributed by atoms with Crippen molar-refractivity contribution in [1.82, 2.24) is 10.0 Å². The fourth-order valence-electron chi connectivity index (χ4n) is 2.51. The maximum atomic E-state index is 12.3. The maximum absolute atomic E-state index is 12.3. The average Bonchev–Trinajstić information content (AvgIpc) is 2.65. The molecule has 0 radical (unpaired) electrons. The molecular weight excluding hydrogens is 430 g/mol. The lowest BCUT2D eigenvalue weighted by Crippen LogP contribution is -2.30. The fourth-order valence-corrected chi connectivity index (χ4v) is 4.14. The molecule has 1 amide bonds. The van der Waals surface area contributed by atoms with Crippen LogP contribution in [0.1, 0.15) is 29.3 Å². The average molecular weight is 454 g/mol. The molecule has 0 saturated heterocycles. The van der Waals surface area contributed by atoms with Crippen molar-refractivity contribution < 1.29 is 26.4 Å². The molecule has 0 heterocycles. The Kier molecular flexibility index (Phi) is 7.71. The molecule has 2 aromatic rings. The van der Waals surface area contributed by atoms with Crippen LogP contribution in [-0.2, 0) is 31.4 Å². The minimum Gasteiger partial charge on any atom is -0.352 e. The molecule has 0 bridgehead atoms. The predicted molar refractivity (Wildman–Crippen MR) is 113 cm³/mol. The van der Waals surface area contributed by atoms with E-state index in [9.17, 15) is 26.4 Å². The maximum Gasteiger partial charge on any atom is 0.240 e. The lowest BCUT2D eigenvalue weighted by molar-refractivity contribution is -0.121. The minimum atomic E-state index is -3.85. The van der Waals surface area contributed by atoms with Gasteiger partial charge in [-0.25, -0.2) is 21.6 Å². The van der Waals surface area contributed by atoms with Crippen molar-refractivity contribution in [2.75, 3.05) is 17.5 Å². The van der Waals surface area contributed by atoms with Gasteiger partial charge in [-0.3, -0.25) is 14.3 Å². The number of carbonyl (C=O) groups is 2. The number of Topliss-reactive ketones (excluding diaryl/α,β-unsaturated/α-hetero) is 1. The van der Waals surface area contributed by atoms with Gasteiger partial charge in [0.15, 0.2) is 5.78 Å². The quantitative estimate of drug-likeness (QED) is 0.463. The number of hydrogen-bond donors (Lipinski definition) is 3. The first-order valence-electron chi connectivity index (χ1n) is 8.90. The smallest absolute Gasteiger partial charge is 0.240 e. The van der Waals surface area contributed by atoms with E-state index in [2.05, 4.69) is 14.8 Å². The van der Waals surface area contributed by atoms with Gasteiger partial charge in [-0.2, -0.15) is 0 Å². The number of carbonyl (C=O) groups excluding carboxylic acids is 2. The summed E-state index contributed by atoms with van der Waals surface area (Å²) in [5.74, 6) is -0.626. The Morgan fingerprint density at radius 2 is 1.67 bits per heavy atom. The van der Waals surface area contributed by atoms with Gasteiger partial charge in [-0.05, 0) is 36.8 Å². The first-order chi connectivity index (χ1) is 14.0. The van der Waals surface area contributed by atoms with Gasteiger partial charge in [0.1, 0.15) is 0 Å². The second-order valence-electron chi connectivity index (χ2n) is 6.58. The van der Waals surface area contributed by atoms with Crippen molar-refractivity contribution in [2.24, 2.45) is 0 Å². The van der Waals surface area contributed by atoms with Crippen LogP contribution in [0.4, 0.5) is 5.69 Å². The van der Waals surface area contributed by atoms with Gasteiger partial charge in [0.05, 0.1) is 11.2 Å². The summed E-state index contributed by atoms with van der Waals surface area (Å²) < 4.78 is 51.9. The Bertz CT molecular complexity index is 1140. The standard InChI is InChI=1S/C19H23N3O6S2/c1-14(23)16-6-4-8-18(12-16)30(27,28)21-10-9-19(24)20-13-15-5-3-7-17(11-15)22-29(2,25)26/h3-8,11-12,21-22H,9-10,13H2,1-2H3,(H,20,24). The predicted octanol–water partition coefficient (Wildman–Crippen LogP) is 1.25. The molecule has 3 N–H and O–H groups in total. The van der Waals surface area contributed by atoms with E-state index < -0.39 is 20.0 Å². The highest BCUT2D eigenvalue weighted by Crippen LogP contribution is 2.13. The molecule has 0 spiro atoms. The molecule has 0 aliphatic heterocycles. The largest absolute Gasteiger partial charge is 0.352 e. The van der Waals surface area contributed by atoms with Crippen molar-refractivity contribution in [2.45, 2.75) is 24.8 Å². The SMILES string of the molecule is CC(=O)c1cccc(S(=O)(=O)NCCC(=O)NCc2cccc(NS(C)(=O)=O)c2)c1. The Hall–Kier alpha value is -2.76. The molecule has 0 atom stereocenters. The highest BCUT2D eigenvalue weighted by molar-refractivity contribution is 7.92. The summed E-state index contributed by atoms with van der Waals surface area (Å²) in [6.45, 7) is 1.39. The monoisotopic (exact) mass is 453 g/mol. The highest BCUT2D eigenvalue weighted by atomic mass is 32.2. The van der Waals surface area contributed by atoms with Crippen LogP contribution in [0.15, 0.2) is 53.4 Å². The highest BCUT2D eigenvalue weighted by Gasteiger charge is 2.15. The number of rotatable bonds is 10. The molecule has 0 unspecified atom stereocenters. The molecule has 0 aromatic heterocycles. The number of amides is 1. The number of sulfonamides is 2. The Labute approximate surface area is 176 Å². The van der Waals surface area contributed by atoms with Crippen LogP contribution in [0.25, 0.3) is 0 Å². The van der Waals surface area contributed by atoms with Gasteiger partial charge in [0, 0.05) is 30.8 Å². The van der Waals surface area contributed by atoms with Crippen LogP contribution in [0.2, 0.25) is 0 Å². The van der Waals surface area contributed by atoms with E-state index in [1.807, 2.05) is 0 Å². The lowest BCUT2D eigenvalue weighted by atomic mass is 10.2. The van der Waals surface area contributed by atoms with Crippen LogP contribution in [0.5, 0.6) is 0 Å². The van der Waals surface area contributed by atoms with Gasteiger partial charge >= 0.3 is 0 Å². The van der Waals surface area contributed by atoms with Gasteiger partial charge in [-0.15, -0.1) is 0 Å². The van der Waals surface area contributed by atoms with Crippen molar-refractivity contribution in [3.63, 3.8) is 0 Å². The van der Waals surface area contributed by atoms with Crippen LogP contribution in [0.3, 0.4) is 0 Å². The lowest BCUT2D eigenvalue weighted by Gasteiger charge is -2.09. The summed E-state index contributed by atoms with van der Waals surface area (Å²) >= 11 is 0. The van der Waals surface area contributed by atoms with Gasteiger partial charge < -0.3 is 5.32 Å². The molecule has 0 fully saturated rings. The Morgan fingerprint density at radius 1 is 0.967 bits per heavy atom. The van der Waals surface area contributed by atoms with Crippen LogP contribution >= 0.6 is 0 Å². The Morgan fingerprint density at radius 3 is 2.33 bits per heavy atom. The van der Waals surface area contributed by atoms with Crippen molar-refractivity contribution in [3.05, 3.63) is 59.7 Å². The van der Waals surface area contributed by atoms with Crippen molar-refractivity contribution in [1.29, 1.82) is 0 Å². The summed E-state index contributed by atoms with van der Waals surface area (Å²) in [6.07, 6.45) is 0.950. The second kappa shape index (κ2) is 9.83. The van der Waals surface area contributed by atoms with Crippen LogP contribution in [-0.4, -0.2) is 41.3 Å². The van der Waals surface area contributed by atoms with Crippen LogP contribution < -0.4 is 14.8 Å². The minimum absolute atomic E-state index is 0.0502. The number of ketones is 1. The molecule has 0 saturated carbocycles. The third-order valence-corrected chi connectivity index (χ3v) is 5.98. The molecule has 11 heteroatoms. The third kappa shape index (κ3) is 7.58. The van der Waals surface area contributed by atoms with Crippen LogP contribution in [0, 0.1) is 0 Å². The normalized spacial score (nSPS) is 11.7. The summed E-state index contributed by atoms with van der Waals surface area (Å²) in [4.78, 5) is 23.3. The number of nitrogens with one attached hydrogen (secondary N) is 3. The molecule has 30 heavy (non-hydrogen) atoms. The van der Waals surface area contributed by atoms with Gasteiger partial charge in [-0.1, -0.05) is 24.3 Å². The zero-order chi connectivity index (χ0) is 22.4. The van der Waals surface area contributed by atoms with Crippen molar-refractivity contribution >= 4 is 37.4 Å². The van der Waals surface area contributed by atoms with E-state index >= 15 is 0 Å². The summed E-state index contributed by atoms with van der Waals surface area (Å²) in [6, 6.07) is 12.2. The number of benzene rings is 2. The van der Waals surface area contributed by atoms with E-state index in [-0.39, 0.29) is 41.7 Å². The molecule has 2 aromatic carbocycles. The zero-order valence-corrected chi connectivity index (χ0v) is 18.1. The second-order valence-corrected chi connectivity index (χ2v) is 10.1. The fraction of sp³-hybridized carbons (Fsp3) is 0.263. The Balaban J connectivity index is 1.86. The summed E-state index contributed by atoms with van der Waals surface area (Å²) in [7, 11) is -7.25. The first-order valence-corrected chi connectivity index (χ1v) is 12.3. The molecular formula is C19H23N3O6S2. The zero-order valence-electron chi connectivity index (χ0n) is 16.5. The summed E-state index contributed by atoms with van der Waals surface area (Å²) in [5.41, 5.74) is 1.34. The van der Waals surface area contributed by atoms with E-state index in [0.29, 0.717) is 11.3 Å². The number of hydrogen-bond acceptors (Lipinski definition) is 6. The molecule has 0 aliphatic carbocycles. The molecule has 162 valence electrons. The van der Waals surface area contributed by atoms with Crippen molar-refractivity contribution in [3.8, 4) is 0 Å². The number of anilines is 1.